The van der Waals surface area contributed by atoms with Gasteiger partial charge in [0.2, 0.25) is 0 Å². The van der Waals surface area contributed by atoms with E-state index >= 15 is 0 Å². The summed E-state index contributed by atoms with van der Waals surface area (Å²) in [5.41, 5.74) is 0. The molecule has 1 aromatic carbocycles. The van der Waals surface area contributed by atoms with Crippen LogP contribution < -0.4 is 0 Å². The number of rotatable bonds is 0. The second kappa shape index (κ2) is 6.50. The van der Waals surface area contributed by atoms with E-state index in [0.29, 0.717) is 5.02 Å². The Labute approximate surface area is 93.9 Å². The van der Waals surface area contributed by atoms with Crippen molar-refractivity contribution < 1.29 is 23.9 Å². The molecule has 0 aliphatic carbocycles. The Hall–Kier alpha value is 0.793. The van der Waals surface area contributed by atoms with Crippen molar-refractivity contribution in [2.75, 3.05) is 0 Å². The van der Waals surface area contributed by atoms with Crippen molar-refractivity contribution in [2.24, 2.45) is 0 Å². The van der Waals surface area contributed by atoms with Gasteiger partial charge >= 0.3 is 0 Å². The minimum Gasteiger partial charge on any atom is -0.236 e. The van der Waals surface area contributed by atoms with Crippen molar-refractivity contribution in [3.05, 3.63) is 35.1 Å². The maximum absolute atomic E-state index is 12.1. The molecule has 0 aliphatic heterocycles. The maximum Gasteiger partial charge on any atom is 0.0165 e. The summed E-state index contributed by atoms with van der Waals surface area (Å²) in [5.74, 6) is -0.325. The molecule has 0 heterocycles. The molecule has 0 saturated carbocycles. The zero-order valence-corrected chi connectivity index (χ0v) is 11.2. The monoisotopic (exact) mass is 321 g/mol. The summed E-state index contributed by atoms with van der Waals surface area (Å²) in [6.07, 6.45) is 0. The van der Waals surface area contributed by atoms with Crippen LogP contribution in [-0.2, 0) is 19.5 Å². The molecule has 0 unspecified atom stereocenters. The van der Waals surface area contributed by atoms with Crippen LogP contribution in [0.5, 0.6) is 0 Å². The van der Waals surface area contributed by atoms with Gasteiger partial charge in [-0.3, -0.25) is 0 Å². The van der Waals surface area contributed by atoms with Crippen molar-refractivity contribution in [2.45, 2.75) is 0 Å². The van der Waals surface area contributed by atoms with Gasteiger partial charge in [-0.2, -0.15) is 12.1 Å². The molecule has 0 radical (unpaired) electrons. The zero-order chi connectivity index (χ0) is 5.98. The predicted molar refractivity (Wildman–Crippen MR) is 45.7 cm³/mol. The van der Waals surface area contributed by atoms with Crippen molar-refractivity contribution >= 4 is 35.6 Å². The molecular formula is C6H4ClFIZn-. The summed E-state index contributed by atoms with van der Waals surface area (Å²) in [6.45, 7) is 0. The van der Waals surface area contributed by atoms with Crippen LogP contribution in [-0.4, -0.2) is 0 Å². The van der Waals surface area contributed by atoms with Crippen LogP contribution in [0.25, 0.3) is 0 Å². The first-order valence-electron chi connectivity index (χ1n) is 2.12. The quantitative estimate of drug-likeness (QED) is 0.391. The third-order valence-electron chi connectivity index (χ3n) is 0.728. The van der Waals surface area contributed by atoms with Crippen LogP contribution in [0.4, 0.5) is 4.39 Å². The van der Waals surface area contributed by atoms with Gasteiger partial charge in [-0.1, -0.05) is 5.02 Å². The van der Waals surface area contributed by atoms with E-state index in [0.717, 1.165) is 0 Å². The third-order valence-corrected chi connectivity index (χ3v) is 0.947. The molecule has 1 aromatic rings. The average molecular weight is 323 g/mol. The third kappa shape index (κ3) is 4.58. The van der Waals surface area contributed by atoms with E-state index in [9.17, 15) is 4.39 Å². The summed E-state index contributed by atoms with van der Waals surface area (Å²) in [4.78, 5) is 0. The maximum atomic E-state index is 12.1. The fraction of sp³-hybridized carbons (Fsp3) is 0. The van der Waals surface area contributed by atoms with Crippen molar-refractivity contribution in [3.8, 4) is 0 Å². The molecule has 0 spiro atoms. The first-order chi connectivity index (χ1) is 3.79. The molecule has 0 aromatic heterocycles. The van der Waals surface area contributed by atoms with E-state index in [1.807, 2.05) is 0 Å². The number of hydrogen-bond donors (Lipinski definition) is 0. The molecule has 0 amide bonds. The summed E-state index contributed by atoms with van der Waals surface area (Å²) in [7, 11) is 0. The predicted octanol–water partition coefficient (Wildman–Crippen LogP) is 2.89. The molecule has 52 valence electrons. The van der Waals surface area contributed by atoms with E-state index in [1.54, 1.807) is 0 Å². The van der Waals surface area contributed by atoms with Gasteiger partial charge in [0.15, 0.2) is 0 Å². The fourth-order valence-corrected chi connectivity index (χ4v) is 0.579. The Morgan fingerprint density at radius 3 is 2.40 bits per heavy atom. The van der Waals surface area contributed by atoms with E-state index in [-0.39, 0.29) is 49.3 Å². The Morgan fingerprint density at radius 2 is 2.10 bits per heavy atom. The van der Waals surface area contributed by atoms with Crippen molar-refractivity contribution in [1.29, 1.82) is 0 Å². The van der Waals surface area contributed by atoms with Gasteiger partial charge in [0.05, 0.1) is 0 Å². The Balaban J connectivity index is 0. The van der Waals surface area contributed by atoms with Crippen LogP contribution in [0, 0.1) is 11.9 Å². The van der Waals surface area contributed by atoms with Crippen molar-refractivity contribution in [1.82, 2.24) is 0 Å². The van der Waals surface area contributed by atoms with Gasteiger partial charge < -0.3 is 0 Å². The van der Waals surface area contributed by atoms with E-state index in [2.05, 4.69) is 6.07 Å². The summed E-state index contributed by atoms with van der Waals surface area (Å²) >= 11 is 5.35. The standard InChI is InChI=1S/C6H3ClF.HI.Zn/c7-5-2-1-3-6(8)4-5;;/h1,3-4H;1H;/q-1;;. The Bertz CT molecular complexity index is 178. The van der Waals surface area contributed by atoms with Crippen LogP contribution in [0.1, 0.15) is 0 Å². The first kappa shape index (κ1) is 13.4. The minimum atomic E-state index is -0.325. The summed E-state index contributed by atoms with van der Waals surface area (Å²) in [6, 6.07) is 6.55. The normalized spacial score (nSPS) is 7.40. The molecule has 10 heavy (non-hydrogen) atoms. The van der Waals surface area contributed by atoms with Crippen molar-refractivity contribution in [3.63, 3.8) is 0 Å². The van der Waals surface area contributed by atoms with Gasteiger partial charge in [-0.15, -0.1) is 47.7 Å². The molecule has 0 bridgehead atoms. The summed E-state index contributed by atoms with van der Waals surface area (Å²) in [5, 5.41) is 0.310. The minimum absolute atomic E-state index is 0. The second-order valence-corrected chi connectivity index (χ2v) is 1.76. The molecule has 4 heteroatoms. The Kier molecular flexibility index (Phi) is 8.70. The molecule has 0 atom stereocenters. The van der Waals surface area contributed by atoms with Gasteiger partial charge in [-0.05, 0) is 0 Å². The molecule has 0 fully saturated rings. The van der Waals surface area contributed by atoms with Crippen LogP contribution in [0.15, 0.2) is 18.2 Å². The molecule has 0 saturated heterocycles. The largest absolute Gasteiger partial charge is 0.236 e. The molecule has 0 aliphatic rings. The zero-order valence-electron chi connectivity index (χ0n) is 5.10. The van der Waals surface area contributed by atoms with Gasteiger partial charge in [-0.25, -0.2) is 4.39 Å². The van der Waals surface area contributed by atoms with Crippen LogP contribution in [0.2, 0.25) is 5.02 Å². The van der Waals surface area contributed by atoms with Gasteiger partial charge in [0.1, 0.15) is 0 Å². The van der Waals surface area contributed by atoms with E-state index in [4.69, 9.17) is 11.6 Å². The van der Waals surface area contributed by atoms with E-state index in [1.165, 1.54) is 18.2 Å². The number of benzene rings is 1. The SMILES string of the molecule is Fc1cc[c-]c(Cl)c1.I.[Zn]. The number of hydrogen-bond acceptors (Lipinski definition) is 0. The molecule has 0 nitrogen and oxygen atoms in total. The number of halogens is 3. The van der Waals surface area contributed by atoms with Crippen LogP contribution in [0.3, 0.4) is 0 Å². The van der Waals surface area contributed by atoms with Gasteiger partial charge in [0.25, 0.3) is 0 Å². The summed E-state index contributed by atoms with van der Waals surface area (Å²) < 4.78 is 12.1. The molecule has 0 N–H and O–H groups in total. The van der Waals surface area contributed by atoms with E-state index < -0.39 is 0 Å². The molecular weight excluding hydrogens is 319 g/mol. The molecule has 1 rings (SSSR count). The second-order valence-electron chi connectivity index (χ2n) is 1.35. The topological polar surface area (TPSA) is 0 Å². The first-order valence-corrected chi connectivity index (χ1v) is 2.49. The smallest absolute Gasteiger partial charge is 0.0165 e. The Morgan fingerprint density at radius 1 is 1.50 bits per heavy atom. The van der Waals surface area contributed by atoms with Crippen LogP contribution >= 0.6 is 35.6 Å². The average Bonchev–Trinajstić information content (AvgIpc) is 1.64. The van der Waals surface area contributed by atoms with Gasteiger partial charge in [0, 0.05) is 25.3 Å². The fourth-order valence-electron chi connectivity index (χ4n) is 0.412.